The molecule has 0 spiro atoms. The van der Waals surface area contributed by atoms with Crippen LogP contribution in [-0.2, 0) is 0 Å². The molecule has 2 heterocycles. The molecule has 0 bridgehead atoms. The lowest BCUT2D eigenvalue weighted by Crippen LogP contribution is -2.34. The zero-order valence-electron chi connectivity index (χ0n) is 11.3. The van der Waals surface area contributed by atoms with Gasteiger partial charge in [-0.2, -0.15) is 5.10 Å². The van der Waals surface area contributed by atoms with Gasteiger partial charge < -0.3 is 16.0 Å². The van der Waals surface area contributed by atoms with Gasteiger partial charge >= 0.3 is 0 Å². The van der Waals surface area contributed by atoms with Crippen molar-refractivity contribution in [2.45, 2.75) is 25.8 Å². The number of hydrogen-bond donors (Lipinski definition) is 3. The Morgan fingerprint density at radius 1 is 1.56 bits per heavy atom. The van der Waals surface area contributed by atoms with Crippen LogP contribution in [0.2, 0.25) is 0 Å². The zero-order valence-corrected chi connectivity index (χ0v) is 11.3. The van der Waals surface area contributed by atoms with Crippen molar-refractivity contribution < 1.29 is 0 Å². The van der Waals surface area contributed by atoms with Gasteiger partial charge in [0.15, 0.2) is 0 Å². The summed E-state index contributed by atoms with van der Waals surface area (Å²) in [4.78, 5) is 2.32. The molecule has 18 heavy (non-hydrogen) atoms. The summed E-state index contributed by atoms with van der Waals surface area (Å²) in [6, 6.07) is 0.359. The van der Waals surface area contributed by atoms with Crippen molar-refractivity contribution in [2.75, 3.05) is 32.5 Å². The normalized spacial score (nSPS) is 20.9. The van der Waals surface area contributed by atoms with E-state index in [2.05, 4.69) is 22.4 Å². The Kier molecular flexibility index (Phi) is 3.56. The maximum atomic E-state index is 7.66. The number of rotatable bonds is 3. The molecular formula is C12H22N6. The van der Waals surface area contributed by atoms with Crippen molar-refractivity contribution in [2.24, 2.45) is 5.73 Å². The number of nitrogen functional groups attached to an aromatic ring is 1. The van der Waals surface area contributed by atoms with Gasteiger partial charge in [0.2, 0.25) is 0 Å². The Balaban J connectivity index is 2.38. The quantitative estimate of drug-likeness (QED) is 0.547. The largest absolute Gasteiger partial charge is 0.384 e. The van der Waals surface area contributed by atoms with E-state index in [0.29, 0.717) is 6.04 Å². The fourth-order valence-corrected chi connectivity index (χ4v) is 2.71. The predicted molar refractivity (Wildman–Crippen MR) is 73.3 cm³/mol. The molecule has 1 atom stereocenters. The molecule has 0 radical (unpaired) electrons. The summed E-state index contributed by atoms with van der Waals surface area (Å²) in [6.07, 6.45) is 2.30. The van der Waals surface area contributed by atoms with Crippen molar-refractivity contribution in [3.05, 3.63) is 11.3 Å². The van der Waals surface area contributed by atoms with E-state index >= 15 is 0 Å². The molecule has 6 heteroatoms. The van der Waals surface area contributed by atoms with Gasteiger partial charge in [0.1, 0.15) is 11.7 Å². The number of nitrogens with two attached hydrogens (primary N) is 1. The third-order valence-corrected chi connectivity index (χ3v) is 3.54. The minimum absolute atomic E-state index is 0.0762. The van der Waals surface area contributed by atoms with E-state index in [9.17, 15) is 0 Å². The monoisotopic (exact) mass is 250 g/mol. The highest BCUT2D eigenvalue weighted by Crippen LogP contribution is 2.27. The highest BCUT2D eigenvalue weighted by molar-refractivity contribution is 6.00. The van der Waals surface area contributed by atoms with Gasteiger partial charge in [-0.05, 0) is 33.4 Å². The first-order valence-corrected chi connectivity index (χ1v) is 6.34. The van der Waals surface area contributed by atoms with Crippen LogP contribution in [0.4, 0.5) is 5.82 Å². The number of aryl methyl sites for hydroxylation is 1. The lowest BCUT2D eigenvalue weighted by molar-refractivity contribution is 0.204. The molecule has 0 saturated carbocycles. The fraction of sp³-hybridized carbons (Fsp3) is 0.667. The van der Waals surface area contributed by atoms with Gasteiger partial charge in [-0.25, -0.2) is 4.68 Å². The lowest BCUT2D eigenvalue weighted by atomic mass is 10.1. The van der Waals surface area contributed by atoms with Crippen LogP contribution < -0.4 is 11.1 Å². The molecule has 1 unspecified atom stereocenters. The lowest BCUT2D eigenvalue weighted by Gasteiger charge is -2.30. The van der Waals surface area contributed by atoms with Gasteiger partial charge in [-0.1, -0.05) is 0 Å². The molecule has 100 valence electrons. The van der Waals surface area contributed by atoms with Crippen molar-refractivity contribution in [3.8, 4) is 0 Å². The molecule has 1 saturated heterocycles. The molecule has 2 rings (SSSR count). The van der Waals surface area contributed by atoms with Crippen LogP contribution in [0.1, 0.15) is 30.1 Å². The molecule has 1 fully saturated rings. The predicted octanol–water partition coefficient (Wildman–Crippen LogP) is 0.784. The van der Waals surface area contributed by atoms with Crippen molar-refractivity contribution in [1.82, 2.24) is 14.7 Å². The second-order valence-corrected chi connectivity index (χ2v) is 4.98. The Hall–Kier alpha value is -1.56. The van der Waals surface area contributed by atoms with Crippen LogP contribution in [-0.4, -0.2) is 47.7 Å². The third kappa shape index (κ3) is 2.20. The molecule has 1 aromatic rings. The van der Waals surface area contributed by atoms with Crippen LogP contribution in [0, 0.1) is 12.3 Å². The smallest absolute Gasteiger partial charge is 0.135 e. The Labute approximate surface area is 108 Å². The fourth-order valence-electron chi connectivity index (χ4n) is 2.71. The van der Waals surface area contributed by atoms with E-state index in [0.717, 1.165) is 36.6 Å². The maximum Gasteiger partial charge on any atom is 0.135 e. The first-order chi connectivity index (χ1) is 8.54. The van der Waals surface area contributed by atoms with E-state index in [1.54, 1.807) is 0 Å². The minimum Gasteiger partial charge on any atom is -0.384 e. The molecule has 6 nitrogen and oxygen atoms in total. The highest BCUT2D eigenvalue weighted by Gasteiger charge is 2.25. The summed E-state index contributed by atoms with van der Waals surface area (Å²) < 4.78 is 2.00. The third-order valence-electron chi connectivity index (χ3n) is 3.54. The van der Waals surface area contributed by atoms with Crippen LogP contribution in [0.15, 0.2) is 0 Å². The molecule has 4 N–H and O–H groups in total. The molecule has 1 aliphatic rings. The van der Waals surface area contributed by atoms with E-state index < -0.39 is 0 Å². The summed E-state index contributed by atoms with van der Waals surface area (Å²) in [5.41, 5.74) is 7.19. The summed E-state index contributed by atoms with van der Waals surface area (Å²) in [5.74, 6) is 0.938. The van der Waals surface area contributed by atoms with Crippen molar-refractivity contribution in [1.29, 1.82) is 5.41 Å². The minimum atomic E-state index is 0.0762. The van der Waals surface area contributed by atoms with Gasteiger partial charge in [0, 0.05) is 13.6 Å². The van der Waals surface area contributed by atoms with Gasteiger partial charge in [0.25, 0.3) is 0 Å². The number of likely N-dealkylation sites (N-methyl/N-ethyl adjacent to an activating group) is 1. The summed E-state index contributed by atoms with van der Waals surface area (Å²) in [5, 5.41) is 15.4. The number of likely N-dealkylation sites (tertiary alicyclic amines) is 1. The number of piperidine rings is 1. The number of anilines is 1. The Morgan fingerprint density at radius 3 is 2.83 bits per heavy atom. The van der Waals surface area contributed by atoms with E-state index in [1.165, 1.54) is 6.42 Å². The van der Waals surface area contributed by atoms with Crippen molar-refractivity contribution in [3.63, 3.8) is 0 Å². The van der Waals surface area contributed by atoms with Crippen LogP contribution in [0.5, 0.6) is 0 Å². The van der Waals surface area contributed by atoms with Gasteiger partial charge in [-0.3, -0.25) is 5.41 Å². The first-order valence-electron chi connectivity index (χ1n) is 6.34. The number of nitrogens with zero attached hydrogens (tertiary/aromatic N) is 3. The Bertz CT molecular complexity index is 450. The Morgan fingerprint density at radius 2 is 2.28 bits per heavy atom. The maximum absolute atomic E-state index is 7.66. The van der Waals surface area contributed by atoms with Gasteiger partial charge in [0.05, 0.1) is 17.3 Å². The molecule has 0 amide bonds. The second-order valence-electron chi connectivity index (χ2n) is 4.98. The topological polar surface area (TPSA) is 83.0 Å². The van der Waals surface area contributed by atoms with E-state index in [-0.39, 0.29) is 5.84 Å². The second kappa shape index (κ2) is 4.97. The van der Waals surface area contributed by atoms with Crippen molar-refractivity contribution >= 4 is 11.7 Å². The molecule has 1 aliphatic heterocycles. The number of amidine groups is 1. The standard InChI is InChI=1S/C12H22N6/c1-8-10(11(13)14)12(15-2)18(16-8)9-5-4-6-17(3)7-9/h9,15H,4-7H2,1-3H3,(H3,13,14). The molecule has 1 aromatic heterocycles. The van der Waals surface area contributed by atoms with E-state index in [4.69, 9.17) is 11.1 Å². The summed E-state index contributed by atoms with van der Waals surface area (Å²) in [6.45, 7) is 4.04. The van der Waals surface area contributed by atoms with Gasteiger partial charge in [-0.15, -0.1) is 0 Å². The van der Waals surface area contributed by atoms with Crippen LogP contribution >= 0.6 is 0 Å². The SMILES string of the molecule is CNc1c(C(=N)N)c(C)nn1C1CCCN(C)C1. The first kappa shape index (κ1) is 12.9. The zero-order chi connectivity index (χ0) is 13.3. The molecule has 0 aromatic carbocycles. The highest BCUT2D eigenvalue weighted by atomic mass is 15.4. The molecule has 0 aliphatic carbocycles. The average molecular weight is 250 g/mol. The summed E-state index contributed by atoms with van der Waals surface area (Å²) in [7, 11) is 3.99. The van der Waals surface area contributed by atoms with E-state index in [1.807, 2.05) is 18.7 Å². The number of hydrogen-bond acceptors (Lipinski definition) is 4. The summed E-state index contributed by atoms with van der Waals surface area (Å²) >= 11 is 0. The number of aromatic nitrogens is 2. The van der Waals surface area contributed by atoms with Crippen LogP contribution in [0.3, 0.4) is 0 Å². The molecular weight excluding hydrogens is 228 g/mol. The average Bonchev–Trinajstić information content (AvgIpc) is 2.66. The number of nitrogens with one attached hydrogen (secondary N) is 2. The van der Waals surface area contributed by atoms with Crippen LogP contribution in [0.25, 0.3) is 0 Å².